The summed E-state index contributed by atoms with van der Waals surface area (Å²) in [6, 6.07) is 15.1. The Hall–Kier alpha value is -7.06. The predicted molar refractivity (Wildman–Crippen MR) is 334 cm³/mol. The van der Waals surface area contributed by atoms with E-state index in [0.717, 1.165) is 4.57 Å². The van der Waals surface area contributed by atoms with Gasteiger partial charge in [-0.1, -0.05) is 51.2 Å². The molecule has 34 nitrogen and oxygen atoms in total. The van der Waals surface area contributed by atoms with E-state index in [-0.39, 0.29) is 73.0 Å². The Balaban J connectivity index is 0.775. The Morgan fingerprint density at radius 3 is 2.35 bits per heavy atom. The number of carboxylic acid groups (broad SMARTS) is 1. The molecule has 0 saturated carbocycles. The van der Waals surface area contributed by atoms with Crippen molar-refractivity contribution in [1.82, 2.24) is 25.5 Å². The number of nitrogens with one attached hydrogen (secondary N) is 4. The summed E-state index contributed by atoms with van der Waals surface area (Å²) in [6.07, 6.45) is -2.43. The zero-order valence-corrected chi connectivity index (χ0v) is 53.7. The first-order valence-corrected chi connectivity index (χ1v) is 34.4. The molecule has 1 saturated heterocycles. The summed E-state index contributed by atoms with van der Waals surface area (Å²) in [5.41, 5.74) is 23.6. The number of carbonyl (C=O) groups is 3. The number of alkyl carbamates (subject to hydrolysis) is 2. The fourth-order valence-electron chi connectivity index (χ4n) is 8.39. The molecule has 3 aliphatic rings. The molecule has 2 aliphatic heterocycles. The number of rotatable bonds is 37. The number of ether oxygens (including phenoxy) is 7. The topological polar surface area (TPSA) is 505 Å². The fourth-order valence-corrected chi connectivity index (χ4v) is 13.7. The van der Waals surface area contributed by atoms with E-state index in [1.54, 1.807) is 59.3 Å². The van der Waals surface area contributed by atoms with Crippen LogP contribution in [0.5, 0.6) is 0 Å². The van der Waals surface area contributed by atoms with Crippen LogP contribution in [0.1, 0.15) is 67.2 Å². The monoisotopic (exact) mass is 1380 g/mol. The summed E-state index contributed by atoms with van der Waals surface area (Å²) in [4.78, 5) is 93.0. The molecule has 1 fully saturated rings. The van der Waals surface area contributed by atoms with Crippen LogP contribution in [0.15, 0.2) is 81.7 Å². The van der Waals surface area contributed by atoms with Crippen LogP contribution in [0.4, 0.5) is 21.1 Å². The van der Waals surface area contributed by atoms with Crippen LogP contribution in [0.25, 0.3) is 49.6 Å². The zero-order chi connectivity index (χ0) is 67.1. The number of hydrogen-bond donors (Lipinski definition) is 11. The molecule has 1 aromatic heterocycles. The number of benzene rings is 3. The van der Waals surface area contributed by atoms with E-state index in [0.29, 0.717) is 102 Å². The van der Waals surface area contributed by atoms with Crippen LogP contribution in [-0.4, -0.2) is 155 Å². The molecule has 1 aliphatic carbocycles. The number of nitrogens with zero attached hydrogens (tertiary/aromatic N) is 5. The van der Waals surface area contributed by atoms with Crippen LogP contribution >= 0.6 is 45.1 Å². The average molecular weight is 1380 g/mol. The predicted octanol–water partition coefficient (Wildman–Crippen LogP) is 6.79. The lowest BCUT2D eigenvalue weighted by Crippen LogP contribution is -2.29. The minimum Gasteiger partial charge on any atom is -0.478 e. The van der Waals surface area contributed by atoms with Crippen LogP contribution in [0.2, 0.25) is 0 Å². The fraction of sp³-hybridized carbons (Fsp3) is 0.434. The van der Waals surface area contributed by atoms with Crippen molar-refractivity contribution in [2.75, 3.05) is 96.6 Å². The molecule has 39 heteroatoms. The summed E-state index contributed by atoms with van der Waals surface area (Å²) in [6.45, 7) is 8.93. The summed E-state index contributed by atoms with van der Waals surface area (Å²) in [7, 11) is -14.0. The quantitative estimate of drug-likeness (QED) is 0.00186. The summed E-state index contributed by atoms with van der Waals surface area (Å²) >= 11 is 0. The number of fused-ring (bicyclic) bond motifs is 2. The highest BCUT2D eigenvalue weighted by molar-refractivity contribution is 8.77. The molecular weight excluding hydrogens is 1320 g/mol. The van der Waals surface area contributed by atoms with Gasteiger partial charge in [0, 0.05) is 82.0 Å². The molecule has 500 valence electrons. The van der Waals surface area contributed by atoms with Crippen molar-refractivity contribution >= 4 is 91.4 Å². The van der Waals surface area contributed by atoms with Gasteiger partial charge in [-0.15, -0.1) is 0 Å². The molecule has 0 radical (unpaired) electrons. The Morgan fingerprint density at radius 2 is 1.62 bits per heavy atom. The van der Waals surface area contributed by atoms with Crippen LogP contribution < -0.4 is 38.5 Å². The molecule has 6 rings (SSSR count). The summed E-state index contributed by atoms with van der Waals surface area (Å²) < 4.78 is 92.5. The van der Waals surface area contributed by atoms with Crippen molar-refractivity contribution in [1.29, 1.82) is 5.41 Å². The highest BCUT2D eigenvalue weighted by Gasteiger charge is 2.44. The standard InChI is InChI=1S/C53H68N11O23P3S2/c1-33(34-8-11-38(49(65)66)41(25-34)47-39-12-9-36(54)26-42(39)84-43-27-37(55)10-13-40(43)47)58-16-21-77-23-24-78-22-17-60-52(69)81-20-14-53(2,3)92-91-32-79-18-4-5-19-80-51(68)59-15-6-7-35-29-64(50(67)62-48(35)56)46-28-44(82-31-61-63-57)45(85-46)30-83-89(73,74)87-90(75,76)86-88(70,71)72/h8-13,25-27,29,44-46,54,58H,1,4-5,14-24,28,30-32,55H2,2-3H3,(H,59,68)(H,60,69)(H,65,66)(H,73,74)(H,75,76)(H2,56,62,67)(H2,70,71,72)/t44-,45-,46-/m1/s1. The minimum atomic E-state index is -5.83. The van der Waals surface area contributed by atoms with Gasteiger partial charge in [0.05, 0.1) is 75.4 Å². The van der Waals surface area contributed by atoms with Crippen molar-refractivity contribution in [3.05, 3.63) is 110 Å². The maximum absolute atomic E-state index is 12.9. The molecule has 92 heavy (non-hydrogen) atoms. The Labute approximate surface area is 532 Å². The van der Waals surface area contributed by atoms with Gasteiger partial charge >= 0.3 is 47.3 Å². The third kappa shape index (κ3) is 24.4. The highest BCUT2D eigenvalue weighted by Crippen LogP contribution is 2.66. The number of hydrogen-bond acceptors (Lipinski definition) is 26. The van der Waals surface area contributed by atoms with Crippen molar-refractivity contribution in [2.24, 2.45) is 5.11 Å². The summed E-state index contributed by atoms with van der Waals surface area (Å²) in [5, 5.41) is 30.8. The van der Waals surface area contributed by atoms with Gasteiger partial charge in [-0.25, -0.2) is 32.9 Å². The molecular formula is C53H68N11O23P3S2. The Morgan fingerprint density at radius 1 is 0.902 bits per heavy atom. The molecule has 3 heterocycles. The maximum Gasteiger partial charge on any atom is 0.490 e. The van der Waals surface area contributed by atoms with E-state index in [1.165, 1.54) is 23.1 Å². The van der Waals surface area contributed by atoms with Gasteiger partial charge in [0.25, 0.3) is 0 Å². The first-order chi connectivity index (χ1) is 43.6. The first-order valence-electron chi connectivity index (χ1n) is 27.5. The number of carbonyl (C=O) groups excluding carboxylic acids is 2. The van der Waals surface area contributed by atoms with Crippen LogP contribution in [0, 0.1) is 17.3 Å². The van der Waals surface area contributed by atoms with E-state index in [2.05, 4.69) is 62.5 Å². The smallest absolute Gasteiger partial charge is 0.478 e. The number of phosphoric acid groups is 3. The van der Waals surface area contributed by atoms with Gasteiger partial charge < -0.3 is 95.1 Å². The lowest BCUT2D eigenvalue weighted by molar-refractivity contribution is -0.0601. The minimum absolute atomic E-state index is 0.0142. The Kier molecular flexibility index (Phi) is 28.4. The van der Waals surface area contributed by atoms with E-state index < -0.39 is 79.1 Å². The van der Waals surface area contributed by atoms with E-state index in [4.69, 9.17) is 69.8 Å². The lowest BCUT2D eigenvalue weighted by Gasteiger charge is -2.22. The number of phosphoric ester groups is 1. The molecule has 2 aromatic carbocycles. The number of azide groups is 1. The zero-order valence-electron chi connectivity index (χ0n) is 49.4. The van der Waals surface area contributed by atoms with Gasteiger partial charge in [-0.2, -0.15) is 13.6 Å². The lowest BCUT2D eigenvalue weighted by atomic mass is 9.89. The maximum atomic E-state index is 12.9. The SMILES string of the molecule is C=C(NCCOCCOCCNC(=O)OCCC(C)(C)SSCOCCCCOC(=O)NCC#Cc1cn([C@H]2C[C@@H](OCN=[N+]=[N-])[C@@H](COP(=O)(O)OP(=O)(O)OP(=O)(O)O)O2)c(=O)nc1N)c1ccc(C(=O)O)c(-c2c3ccc(=N)cc-3oc3cc(N)ccc23)c1. The van der Waals surface area contributed by atoms with E-state index in [9.17, 15) is 47.8 Å². The van der Waals surface area contributed by atoms with Gasteiger partial charge in [-0.05, 0) is 86.2 Å². The average Bonchev–Trinajstić information content (AvgIpc) is 1.58. The molecule has 0 bridgehead atoms. The van der Waals surface area contributed by atoms with E-state index >= 15 is 0 Å². The largest absolute Gasteiger partial charge is 0.490 e. The Bertz CT molecular complexity index is 3770. The van der Waals surface area contributed by atoms with Crippen LogP contribution in [0.3, 0.4) is 0 Å². The van der Waals surface area contributed by atoms with Crippen molar-refractivity contribution in [2.45, 2.75) is 62.7 Å². The van der Waals surface area contributed by atoms with Gasteiger partial charge in [0.15, 0.2) is 0 Å². The van der Waals surface area contributed by atoms with E-state index in [1.807, 2.05) is 13.8 Å². The second kappa shape index (κ2) is 35.3. The summed E-state index contributed by atoms with van der Waals surface area (Å²) in [5.74, 6) is 4.71. The normalized spacial score (nSPS) is 16.1. The number of amides is 2. The number of nitrogens with two attached hydrogens (primary N) is 2. The third-order valence-electron chi connectivity index (χ3n) is 12.6. The van der Waals surface area contributed by atoms with Crippen molar-refractivity contribution in [3.63, 3.8) is 0 Å². The number of nitrogen functional groups attached to an aromatic ring is 2. The number of unbranched alkanes of at least 4 members (excludes halogenated alkanes) is 1. The molecule has 5 atom stereocenters. The van der Waals surface area contributed by atoms with Crippen molar-refractivity contribution < 1.29 is 103 Å². The molecule has 3 aromatic rings. The highest BCUT2D eigenvalue weighted by atomic mass is 33.1. The first kappa shape index (κ1) is 74.0. The molecule has 2 unspecified atom stereocenters. The number of aromatic carboxylic acids is 1. The van der Waals surface area contributed by atoms with Crippen LogP contribution in [-0.2, 0) is 60.0 Å². The van der Waals surface area contributed by atoms with Crippen molar-refractivity contribution in [3.8, 4) is 34.3 Å². The van der Waals surface area contributed by atoms with Gasteiger partial charge in [0.1, 0.15) is 42.2 Å². The third-order valence-corrected chi connectivity index (χ3v) is 19.4. The molecule has 2 amide bonds. The number of carboxylic acids is 1. The second-order valence-corrected chi connectivity index (χ2v) is 27.4. The van der Waals surface area contributed by atoms with Gasteiger partial charge in [-0.3, -0.25) is 9.09 Å². The second-order valence-electron chi connectivity index (χ2n) is 20.0. The molecule has 0 spiro atoms. The van der Waals surface area contributed by atoms with Gasteiger partial charge in [0.2, 0.25) is 0 Å². The molecule has 13 N–H and O–H groups in total. The number of aromatic nitrogens is 2. The number of anilines is 2.